The third-order valence-electron chi connectivity index (χ3n) is 3.21. The molecule has 1 fully saturated rings. The van der Waals surface area contributed by atoms with Crippen molar-refractivity contribution in [2.24, 2.45) is 5.92 Å². The molecule has 2 atom stereocenters. The summed E-state index contributed by atoms with van der Waals surface area (Å²) in [6, 6.07) is 5.73. The maximum Gasteiger partial charge on any atom is 0.282 e. The lowest BCUT2D eigenvalue weighted by molar-refractivity contribution is -0.385. The molecular formula is C12H15IN2O2. The number of hydrogen-bond acceptors (Lipinski definition) is 3. The van der Waals surface area contributed by atoms with Crippen LogP contribution in [0, 0.1) is 19.6 Å². The second kappa shape index (κ2) is 5.20. The number of benzene rings is 1. The number of halogens is 1. The summed E-state index contributed by atoms with van der Waals surface area (Å²) in [5, 5.41) is 14.2. The Bertz CT molecular complexity index is 437. The van der Waals surface area contributed by atoms with Crippen LogP contribution in [-0.4, -0.2) is 11.0 Å². The zero-order valence-electron chi connectivity index (χ0n) is 9.65. The van der Waals surface area contributed by atoms with E-state index in [1.54, 1.807) is 12.1 Å². The Morgan fingerprint density at radius 1 is 1.47 bits per heavy atom. The van der Waals surface area contributed by atoms with Crippen molar-refractivity contribution in [3.63, 3.8) is 0 Å². The fourth-order valence-corrected chi connectivity index (χ4v) is 3.03. The highest BCUT2D eigenvalue weighted by Crippen LogP contribution is 2.29. The molecule has 0 radical (unpaired) electrons. The van der Waals surface area contributed by atoms with Gasteiger partial charge in [0.25, 0.3) is 5.69 Å². The molecule has 2 rings (SSSR count). The Hall–Kier alpha value is -0.850. The molecule has 1 aliphatic carbocycles. The second-order valence-corrected chi connectivity index (χ2v) is 5.84. The van der Waals surface area contributed by atoms with Gasteiger partial charge in [-0.05, 0) is 59.9 Å². The molecule has 92 valence electrons. The van der Waals surface area contributed by atoms with Gasteiger partial charge < -0.3 is 5.32 Å². The predicted octanol–water partition coefficient (Wildman–Crippen LogP) is 3.80. The first-order chi connectivity index (χ1) is 8.06. The maximum absolute atomic E-state index is 10.7. The predicted molar refractivity (Wildman–Crippen MR) is 76.2 cm³/mol. The fraction of sp³-hybridized carbons (Fsp3) is 0.500. The van der Waals surface area contributed by atoms with E-state index in [0.717, 1.165) is 11.6 Å². The van der Waals surface area contributed by atoms with Crippen LogP contribution >= 0.6 is 22.6 Å². The quantitative estimate of drug-likeness (QED) is 0.515. The lowest BCUT2D eigenvalue weighted by atomic mass is 10.1. The monoisotopic (exact) mass is 346 g/mol. The molecule has 0 bridgehead atoms. The molecule has 0 spiro atoms. The first-order valence-electron chi connectivity index (χ1n) is 5.76. The van der Waals surface area contributed by atoms with Crippen molar-refractivity contribution in [2.75, 3.05) is 5.32 Å². The molecule has 4 nitrogen and oxygen atoms in total. The standard InChI is InChI=1S/C12H15IN2O2/c1-8-2-3-9(6-8)14-10-4-5-12(15(16)17)11(13)7-10/h4-5,7-9,14H,2-3,6H2,1H3. The van der Waals surface area contributed by atoms with Gasteiger partial charge in [-0.25, -0.2) is 0 Å². The molecule has 1 aromatic carbocycles. The molecule has 0 saturated heterocycles. The molecule has 5 heteroatoms. The lowest BCUT2D eigenvalue weighted by Gasteiger charge is -2.14. The highest BCUT2D eigenvalue weighted by molar-refractivity contribution is 14.1. The van der Waals surface area contributed by atoms with E-state index in [1.807, 2.05) is 28.7 Å². The van der Waals surface area contributed by atoms with Crippen LogP contribution in [0.1, 0.15) is 26.2 Å². The summed E-state index contributed by atoms with van der Waals surface area (Å²) < 4.78 is 0.684. The van der Waals surface area contributed by atoms with E-state index >= 15 is 0 Å². The summed E-state index contributed by atoms with van der Waals surface area (Å²) in [6.45, 7) is 2.27. The maximum atomic E-state index is 10.7. The summed E-state index contributed by atoms with van der Waals surface area (Å²) in [5.74, 6) is 0.782. The minimum Gasteiger partial charge on any atom is -0.382 e. The minimum atomic E-state index is -0.344. The van der Waals surface area contributed by atoms with Crippen molar-refractivity contribution in [3.8, 4) is 0 Å². The third-order valence-corrected chi connectivity index (χ3v) is 4.07. The summed E-state index contributed by atoms with van der Waals surface area (Å²) in [5.41, 5.74) is 1.16. The second-order valence-electron chi connectivity index (χ2n) is 4.68. The number of rotatable bonds is 3. The van der Waals surface area contributed by atoms with E-state index in [2.05, 4.69) is 12.2 Å². The number of nitro benzene ring substituents is 1. The normalized spacial score (nSPS) is 23.6. The van der Waals surface area contributed by atoms with Gasteiger partial charge in [-0.3, -0.25) is 10.1 Å². The number of anilines is 1. The van der Waals surface area contributed by atoms with E-state index in [-0.39, 0.29) is 10.6 Å². The highest BCUT2D eigenvalue weighted by atomic mass is 127. The molecule has 1 N–H and O–H groups in total. The van der Waals surface area contributed by atoms with E-state index in [4.69, 9.17) is 0 Å². The van der Waals surface area contributed by atoms with Crippen molar-refractivity contribution >= 4 is 34.0 Å². The van der Waals surface area contributed by atoms with Gasteiger partial charge in [0.1, 0.15) is 0 Å². The van der Waals surface area contributed by atoms with Gasteiger partial charge in [0.15, 0.2) is 0 Å². The van der Waals surface area contributed by atoms with Crippen LogP contribution in [0.5, 0.6) is 0 Å². The van der Waals surface area contributed by atoms with E-state index < -0.39 is 0 Å². The summed E-state index contributed by atoms with van der Waals surface area (Å²) in [6.07, 6.45) is 3.64. The fourth-order valence-electron chi connectivity index (χ4n) is 2.32. The van der Waals surface area contributed by atoms with Crippen LogP contribution in [0.4, 0.5) is 11.4 Å². The summed E-state index contributed by atoms with van der Waals surface area (Å²) in [4.78, 5) is 10.4. The van der Waals surface area contributed by atoms with Crippen LogP contribution < -0.4 is 5.32 Å². The van der Waals surface area contributed by atoms with E-state index in [1.165, 1.54) is 19.3 Å². The summed E-state index contributed by atoms with van der Waals surface area (Å²) >= 11 is 2.01. The van der Waals surface area contributed by atoms with Crippen LogP contribution in [0.25, 0.3) is 0 Å². The highest BCUT2D eigenvalue weighted by Gasteiger charge is 2.21. The van der Waals surface area contributed by atoms with Gasteiger partial charge in [0, 0.05) is 17.8 Å². The van der Waals surface area contributed by atoms with Gasteiger partial charge in [-0.2, -0.15) is 0 Å². The topological polar surface area (TPSA) is 55.2 Å². The Morgan fingerprint density at radius 3 is 2.76 bits per heavy atom. The molecule has 1 saturated carbocycles. The molecule has 0 aliphatic heterocycles. The molecule has 2 unspecified atom stereocenters. The molecule has 0 amide bonds. The third kappa shape index (κ3) is 3.08. The van der Waals surface area contributed by atoms with Gasteiger partial charge >= 0.3 is 0 Å². The summed E-state index contributed by atoms with van der Waals surface area (Å²) in [7, 11) is 0. The van der Waals surface area contributed by atoms with Crippen LogP contribution in [0.3, 0.4) is 0 Å². The molecule has 0 aromatic heterocycles. The van der Waals surface area contributed by atoms with Crippen molar-refractivity contribution < 1.29 is 4.92 Å². The van der Waals surface area contributed by atoms with Crippen LogP contribution in [0.2, 0.25) is 0 Å². The number of nitrogens with one attached hydrogen (secondary N) is 1. The van der Waals surface area contributed by atoms with Crippen molar-refractivity contribution in [1.29, 1.82) is 0 Å². The smallest absolute Gasteiger partial charge is 0.282 e. The SMILES string of the molecule is CC1CCC(Nc2ccc([N+](=O)[O-])c(I)c2)C1. The Labute approximate surface area is 114 Å². The number of hydrogen-bond donors (Lipinski definition) is 1. The molecular weight excluding hydrogens is 331 g/mol. The first-order valence-corrected chi connectivity index (χ1v) is 6.84. The largest absolute Gasteiger partial charge is 0.382 e. The molecule has 1 aromatic rings. The average molecular weight is 346 g/mol. The molecule has 17 heavy (non-hydrogen) atoms. The average Bonchev–Trinajstić information content (AvgIpc) is 2.63. The Morgan fingerprint density at radius 2 is 2.24 bits per heavy atom. The van der Waals surface area contributed by atoms with E-state index in [9.17, 15) is 10.1 Å². The van der Waals surface area contributed by atoms with Crippen molar-refractivity contribution in [2.45, 2.75) is 32.2 Å². The Kier molecular flexibility index (Phi) is 3.86. The van der Waals surface area contributed by atoms with Crippen LogP contribution in [-0.2, 0) is 0 Å². The number of nitrogens with zero attached hydrogens (tertiary/aromatic N) is 1. The van der Waals surface area contributed by atoms with Crippen molar-refractivity contribution in [3.05, 3.63) is 31.9 Å². The van der Waals surface area contributed by atoms with Gasteiger partial charge in [-0.1, -0.05) is 6.92 Å². The van der Waals surface area contributed by atoms with Crippen LogP contribution in [0.15, 0.2) is 18.2 Å². The van der Waals surface area contributed by atoms with Gasteiger partial charge in [0.05, 0.1) is 8.49 Å². The zero-order valence-corrected chi connectivity index (χ0v) is 11.8. The van der Waals surface area contributed by atoms with Gasteiger partial charge in [0.2, 0.25) is 0 Å². The van der Waals surface area contributed by atoms with E-state index in [0.29, 0.717) is 9.61 Å². The zero-order chi connectivity index (χ0) is 12.4. The minimum absolute atomic E-state index is 0.177. The lowest BCUT2D eigenvalue weighted by Crippen LogP contribution is -2.15. The molecule has 0 heterocycles. The van der Waals surface area contributed by atoms with Gasteiger partial charge in [-0.15, -0.1) is 0 Å². The Balaban J connectivity index is 2.07. The van der Waals surface area contributed by atoms with Crippen molar-refractivity contribution in [1.82, 2.24) is 0 Å². The molecule has 1 aliphatic rings. The number of nitro groups is 1. The first kappa shape index (κ1) is 12.6.